The van der Waals surface area contributed by atoms with Crippen molar-refractivity contribution >= 4 is 5.91 Å². The van der Waals surface area contributed by atoms with Crippen LogP contribution in [0.25, 0.3) is 0 Å². The Balaban J connectivity index is 1.98. The van der Waals surface area contributed by atoms with E-state index in [1.54, 1.807) is 24.4 Å². The van der Waals surface area contributed by atoms with E-state index >= 15 is 0 Å². The third-order valence-corrected chi connectivity index (χ3v) is 3.00. The van der Waals surface area contributed by atoms with Crippen LogP contribution >= 0.6 is 0 Å². The normalized spacial score (nSPS) is 11.3. The van der Waals surface area contributed by atoms with E-state index in [0.29, 0.717) is 17.2 Å². The Morgan fingerprint density at radius 2 is 1.82 bits per heavy atom. The molecule has 0 saturated carbocycles. The smallest absolute Gasteiger partial charge is 0.286 e. The lowest BCUT2D eigenvalue weighted by atomic mass is 10.1. The molecule has 2 aromatic rings. The zero-order valence-corrected chi connectivity index (χ0v) is 11.4. The summed E-state index contributed by atoms with van der Waals surface area (Å²) in [5.74, 6) is -0.760. The molecule has 4 nitrogen and oxygen atoms in total. The van der Waals surface area contributed by atoms with Gasteiger partial charge in [0.1, 0.15) is 0 Å². The van der Waals surface area contributed by atoms with Gasteiger partial charge in [-0.05, 0) is 36.4 Å². The van der Waals surface area contributed by atoms with Crippen molar-refractivity contribution in [1.82, 2.24) is 10.0 Å². The van der Waals surface area contributed by atoms with Gasteiger partial charge in [0.05, 0.1) is 12.1 Å². The van der Waals surface area contributed by atoms with E-state index in [1.807, 2.05) is 0 Å². The lowest BCUT2D eigenvalue weighted by Crippen LogP contribution is -2.29. The van der Waals surface area contributed by atoms with Crippen molar-refractivity contribution in [3.05, 3.63) is 65.5 Å². The monoisotopic (exact) mass is 310 g/mol. The Morgan fingerprint density at radius 1 is 1.14 bits per heavy atom. The number of aromatic nitrogens is 1. The van der Waals surface area contributed by atoms with Crippen LogP contribution in [0.15, 0.2) is 48.7 Å². The number of hydrogen-bond acceptors (Lipinski definition) is 3. The number of benzene rings is 1. The molecule has 0 bridgehead atoms. The number of alkyl halides is 3. The fourth-order valence-electron chi connectivity index (χ4n) is 1.82. The maximum Gasteiger partial charge on any atom is 0.416 e. The van der Waals surface area contributed by atoms with Crippen molar-refractivity contribution in [3.8, 4) is 0 Å². The highest BCUT2D eigenvalue weighted by molar-refractivity contribution is 5.93. The number of amides is 1. The molecule has 0 aliphatic carbocycles. The summed E-state index contributed by atoms with van der Waals surface area (Å²) in [6, 6.07) is 8.95. The molecule has 1 aromatic heterocycles. The van der Waals surface area contributed by atoms with Crippen LogP contribution < -0.4 is 0 Å². The van der Waals surface area contributed by atoms with E-state index < -0.39 is 17.6 Å². The van der Waals surface area contributed by atoms with Crippen LogP contribution in [-0.4, -0.2) is 27.7 Å². The second kappa shape index (κ2) is 6.57. The first-order valence-corrected chi connectivity index (χ1v) is 6.46. The standard InChI is InChI=1S/C15H13F3N2O2/c16-15(17,18)12-6-4-11(5-7-12)14(21)20(22)10-8-13-3-1-2-9-19-13/h1-7,9,22H,8,10H2. The minimum Gasteiger partial charge on any atom is -0.286 e. The number of halogens is 3. The third-order valence-electron chi connectivity index (χ3n) is 3.00. The van der Waals surface area contributed by atoms with Gasteiger partial charge in [0.2, 0.25) is 0 Å². The van der Waals surface area contributed by atoms with Gasteiger partial charge in [-0.15, -0.1) is 0 Å². The molecule has 0 fully saturated rings. The Morgan fingerprint density at radius 3 is 2.36 bits per heavy atom. The molecule has 116 valence electrons. The first kappa shape index (κ1) is 16.0. The van der Waals surface area contributed by atoms with E-state index in [2.05, 4.69) is 4.98 Å². The molecule has 0 aliphatic heterocycles. The molecule has 1 N–H and O–H groups in total. The van der Waals surface area contributed by atoms with Crippen molar-refractivity contribution in [3.63, 3.8) is 0 Å². The van der Waals surface area contributed by atoms with Crippen LogP contribution in [0, 0.1) is 0 Å². The van der Waals surface area contributed by atoms with Gasteiger partial charge in [0.25, 0.3) is 5.91 Å². The molecule has 1 heterocycles. The molecular formula is C15H13F3N2O2. The molecule has 0 aliphatic rings. The summed E-state index contributed by atoms with van der Waals surface area (Å²) in [6.07, 6.45) is -2.53. The summed E-state index contributed by atoms with van der Waals surface area (Å²) < 4.78 is 37.3. The van der Waals surface area contributed by atoms with Crippen LogP contribution in [0.5, 0.6) is 0 Å². The first-order valence-electron chi connectivity index (χ1n) is 6.46. The molecule has 0 atom stereocenters. The second-order valence-electron chi connectivity index (χ2n) is 4.57. The van der Waals surface area contributed by atoms with Gasteiger partial charge >= 0.3 is 6.18 Å². The lowest BCUT2D eigenvalue weighted by molar-refractivity contribution is -0.137. The zero-order valence-electron chi connectivity index (χ0n) is 11.4. The summed E-state index contributed by atoms with van der Waals surface area (Å²) in [5, 5.41) is 10.2. The molecule has 0 unspecified atom stereocenters. The van der Waals surface area contributed by atoms with Gasteiger partial charge in [0, 0.05) is 23.9 Å². The SMILES string of the molecule is O=C(c1ccc(C(F)(F)F)cc1)N(O)CCc1ccccn1. The summed E-state index contributed by atoms with van der Waals surface area (Å²) in [6.45, 7) is -0.00311. The van der Waals surface area contributed by atoms with E-state index in [-0.39, 0.29) is 12.1 Å². The predicted molar refractivity (Wildman–Crippen MR) is 72.2 cm³/mol. The number of nitrogens with zero attached hydrogens (tertiary/aromatic N) is 2. The van der Waals surface area contributed by atoms with Crippen molar-refractivity contribution in [1.29, 1.82) is 0 Å². The van der Waals surface area contributed by atoms with E-state index in [0.717, 1.165) is 24.3 Å². The highest BCUT2D eigenvalue weighted by Crippen LogP contribution is 2.29. The molecule has 1 amide bonds. The quantitative estimate of drug-likeness (QED) is 0.697. The Hall–Kier alpha value is -2.41. The van der Waals surface area contributed by atoms with Gasteiger partial charge < -0.3 is 0 Å². The van der Waals surface area contributed by atoms with Crippen LogP contribution in [0.2, 0.25) is 0 Å². The maximum absolute atomic E-state index is 12.4. The molecule has 0 saturated heterocycles. The van der Waals surface area contributed by atoms with Gasteiger partial charge in [-0.3, -0.25) is 15.0 Å². The lowest BCUT2D eigenvalue weighted by Gasteiger charge is -2.15. The van der Waals surface area contributed by atoms with Gasteiger partial charge in [-0.2, -0.15) is 13.2 Å². The van der Waals surface area contributed by atoms with Crippen molar-refractivity contribution in [2.75, 3.05) is 6.54 Å². The molecule has 0 radical (unpaired) electrons. The van der Waals surface area contributed by atoms with Gasteiger partial charge in [-0.1, -0.05) is 6.07 Å². The second-order valence-corrected chi connectivity index (χ2v) is 4.57. The minimum atomic E-state index is -4.46. The van der Waals surface area contributed by atoms with Crippen molar-refractivity contribution < 1.29 is 23.2 Å². The maximum atomic E-state index is 12.4. The Bertz CT molecular complexity index is 627. The van der Waals surface area contributed by atoms with Crippen LogP contribution in [0.3, 0.4) is 0 Å². The van der Waals surface area contributed by atoms with E-state index in [4.69, 9.17) is 0 Å². The number of carbonyl (C=O) groups excluding carboxylic acids is 1. The summed E-state index contributed by atoms with van der Waals surface area (Å²) >= 11 is 0. The highest BCUT2D eigenvalue weighted by Gasteiger charge is 2.30. The molecule has 0 spiro atoms. The molecule has 7 heteroatoms. The first-order chi connectivity index (χ1) is 10.4. The van der Waals surface area contributed by atoms with Gasteiger partial charge in [-0.25, -0.2) is 5.06 Å². The summed E-state index contributed by atoms with van der Waals surface area (Å²) in [4.78, 5) is 15.9. The fraction of sp³-hybridized carbons (Fsp3) is 0.200. The van der Waals surface area contributed by atoms with Crippen LogP contribution in [0.1, 0.15) is 21.6 Å². The molecular weight excluding hydrogens is 297 g/mol. The largest absolute Gasteiger partial charge is 0.416 e. The molecule has 2 rings (SSSR count). The molecule has 1 aromatic carbocycles. The number of hydroxylamine groups is 2. The molecule has 22 heavy (non-hydrogen) atoms. The Labute approximate surface area is 124 Å². The van der Waals surface area contributed by atoms with E-state index in [1.165, 1.54) is 0 Å². The summed E-state index contributed by atoms with van der Waals surface area (Å²) in [5.41, 5.74) is -0.166. The fourth-order valence-corrected chi connectivity index (χ4v) is 1.82. The van der Waals surface area contributed by atoms with Crippen LogP contribution in [-0.2, 0) is 12.6 Å². The predicted octanol–water partition coefficient (Wildman–Crippen LogP) is 3.17. The number of carbonyl (C=O) groups is 1. The zero-order chi connectivity index (χ0) is 16.2. The number of hydrogen-bond donors (Lipinski definition) is 1. The van der Waals surface area contributed by atoms with Crippen molar-refractivity contribution in [2.24, 2.45) is 0 Å². The third kappa shape index (κ3) is 4.05. The average Bonchev–Trinajstić information content (AvgIpc) is 2.52. The van der Waals surface area contributed by atoms with Crippen LogP contribution in [0.4, 0.5) is 13.2 Å². The number of pyridine rings is 1. The minimum absolute atomic E-state index is 0.00311. The average molecular weight is 310 g/mol. The topological polar surface area (TPSA) is 53.4 Å². The highest BCUT2D eigenvalue weighted by atomic mass is 19.4. The summed E-state index contributed by atoms with van der Waals surface area (Å²) in [7, 11) is 0. The Kier molecular flexibility index (Phi) is 4.77. The van der Waals surface area contributed by atoms with E-state index in [9.17, 15) is 23.2 Å². The van der Waals surface area contributed by atoms with Gasteiger partial charge in [0.15, 0.2) is 0 Å². The van der Waals surface area contributed by atoms with Crippen molar-refractivity contribution in [2.45, 2.75) is 12.6 Å². The number of rotatable bonds is 4.